The van der Waals surface area contributed by atoms with Gasteiger partial charge in [0.15, 0.2) is 11.5 Å². The van der Waals surface area contributed by atoms with E-state index in [2.05, 4.69) is 5.16 Å². The lowest BCUT2D eigenvalue weighted by molar-refractivity contribution is -0.131. The van der Waals surface area contributed by atoms with Gasteiger partial charge in [-0.25, -0.2) is 0 Å². The maximum absolute atomic E-state index is 11.3. The third-order valence-corrected chi connectivity index (χ3v) is 3.70. The van der Waals surface area contributed by atoms with Gasteiger partial charge in [0, 0.05) is 18.4 Å². The Kier molecular flexibility index (Phi) is 3.44. The van der Waals surface area contributed by atoms with Gasteiger partial charge in [-0.1, -0.05) is 34.4 Å². The lowest BCUT2D eigenvalue weighted by Crippen LogP contribution is -2.03. The van der Waals surface area contributed by atoms with Crippen LogP contribution in [0.4, 0.5) is 0 Å². The Labute approximate surface area is 125 Å². The Morgan fingerprint density at radius 3 is 2.55 bits per heavy atom. The molecule has 4 nitrogen and oxygen atoms in total. The molecule has 1 aliphatic rings. The number of carbonyl (C=O) groups excluding carboxylic acids is 1. The van der Waals surface area contributed by atoms with Gasteiger partial charge in [-0.2, -0.15) is 0 Å². The molecule has 104 valence electrons. The molecule has 1 aromatic heterocycles. The molecule has 2 aromatic rings. The molecule has 0 radical (unpaired) electrons. The zero-order valence-corrected chi connectivity index (χ0v) is 12.2. The largest absolute Gasteiger partial charge is 0.420 e. The number of aromatic nitrogens is 1. The summed E-state index contributed by atoms with van der Waals surface area (Å²) in [5.41, 5.74) is 0.889. The first kappa shape index (κ1) is 13.5. The monoisotopic (exact) mass is 311 g/mol. The third kappa shape index (κ3) is 2.41. The molecule has 1 fully saturated rings. The molecule has 20 heavy (non-hydrogen) atoms. The fourth-order valence-corrected chi connectivity index (χ4v) is 2.60. The minimum atomic E-state index is -0.431. The van der Waals surface area contributed by atoms with Crippen LogP contribution in [-0.2, 0) is 4.79 Å². The van der Waals surface area contributed by atoms with Crippen molar-refractivity contribution in [3.63, 3.8) is 0 Å². The van der Waals surface area contributed by atoms with Crippen molar-refractivity contribution < 1.29 is 14.1 Å². The summed E-state index contributed by atoms with van der Waals surface area (Å²) in [6, 6.07) is 5.14. The van der Waals surface area contributed by atoms with E-state index in [1.54, 1.807) is 18.2 Å². The van der Waals surface area contributed by atoms with Crippen molar-refractivity contribution in [3.05, 3.63) is 34.0 Å². The lowest BCUT2D eigenvalue weighted by Gasteiger charge is -2.06. The average molecular weight is 312 g/mol. The summed E-state index contributed by atoms with van der Waals surface area (Å²) in [7, 11) is 0. The topological polar surface area (TPSA) is 52.3 Å². The van der Waals surface area contributed by atoms with Crippen LogP contribution in [0.2, 0.25) is 10.0 Å². The molecule has 0 unspecified atom stereocenters. The van der Waals surface area contributed by atoms with Gasteiger partial charge in [-0.15, -0.1) is 0 Å². The summed E-state index contributed by atoms with van der Waals surface area (Å²) in [5, 5.41) is 4.87. The average Bonchev–Trinajstić information content (AvgIpc) is 3.13. The molecule has 0 amide bonds. The van der Waals surface area contributed by atoms with Gasteiger partial charge < -0.3 is 9.26 Å². The van der Waals surface area contributed by atoms with Crippen LogP contribution in [0.1, 0.15) is 31.4 Å². The number of esters is 1. The number of hydrogen-bond donors (Lipinski definition) is 0. The molecule has 1 heterocycles. The number of ether oxygens (including phenoxy) is 1. The van der Waals surface area contributed by atoms with E-state index in [0.29, 0.717) is 32.8 Å². The van der Waals surface area contributed by atoms with E-state index < -0.39 is 5.97 Å². The first-order chi connectivity index (χ1) is 9.58. The highest BCUT2D eigenvalue weighted by molar-refractivity contribution is 6.39. The highest BCUT2D eigenvalue weighted by Gasteiger charge is 2.35. The smallest absolute Gasteiger partial charge is 0.308 e. The lowest BCUT2D eigenvalue weighted by atomic mass is 10.1. The van der Waals surface area contributed by atoms with Crippen molar-refractivity contribution in [3.8, 4) is 17.0 Å². The Morgan fingerprint density at radius 1 is 1.35 bits per heavy atom. The van der Waals surface area contributed by atoms with Gasteiger partial charge in [0.25, 0.3) is 0 Å². The number of rotatable bonds is 3. The fraction of sp³-hybridized carbons (Fsp3) is 0.286. The second-order valence-electron chi connectivity index (χ2n) is 4.69. The molecule has 0 spiro atoms. The van der Waals surface area contributed by atoms with Crippen molar-refractivity contribution in [2.24, 2.45) is 0 Å². The van der Waals surface area contributed by atoms with E-state index in [1.165, 1.54) is 6.92 Å². The molecule has 1 aromatic carbocycles. The van der Waals surface area contributed by atoms with Crippen LogP contribution >= 0.6 is 23.2 Å². The minimum absolute atomic E-state index is 0.256. The summed E-state index contributed by atoms with van der Waals surface area (Å²) in [5.74, 6) is 0.743. The third-order valence-electron chi connectivity index (χ3n) is 3.07. The van der Waals surface area contributed by atoms with Crippen molar-refractivity contribution >= 4 is 29.2 Å². The van der Waals surface area contributed by atoms with Crippen LogP contribution in [0.5, 0.6) is 5.75 Å². The normalized spacial score (nSPS) is 14.3. The molecule has 1 saturated carbocycles. The predicted octanol–water partition coefficient (Wildman–Crippen LogP) is 4.45. The van der Waals surface area contributed by atoms with Gasteiger partial charge in [0.1, 0.15) is 0 Å². The maximum atomic E-state index is 11.3. The molecule has 1 aliphatic carbocycles. The van der Waals surface area contributed by atoms with E-state index in [4.69, 9.17) is 32.5 Å². The Bertz CT molecular complexity index is 657. The van der Waals surface area contributed by atoms with Gasteiger partial charge in [0.2, 0.25) is 5.75 Å². The summed E-state index contributed by atoms with van der Waals surface area (Å²) in [4.78, 5) is 11.3. The van der Waals surface area contributed by atoms with Gasteiger partial charge in [0.05, 0.1) is 10.0 Å². The minimum Gasteiger partial charge on any atom is -0.420 e. The molecule has 6 heteroatoms. The summed E-state index contributed by atoms with van der Waals surface area (Å²) in [6.07, 6.45) is 2.00. The van der Waals surface area contributed by atoms with Crippen LogP contribution < -0.4 is 4.74 Å². The zero-order valence-electron chi connectivity index (χ0n) is 10.7. The first-order valence-corrected chi connectivity index (χ1v) is 6.96. The Balaban J connectivity index is 2.15. The molecule has 0 saturated heterocycles. The Hall–Kier alpha value is -1.52. The highest BCUT2D eigenvalue weighted by Crippen LogP contribution is 2.49. The summed E-state index contributed by atoms with van der Waals surface area (Å²) >= 11 is 12.3. The number of benzene rings is 1. The summed E-state index contributed by atoms with van der Waals surface area (Å²) in [6.45, 7) is 1.33. The van der Waals surface area contributed by atoms with Crippen molar-refractivity contribution in [1.29, 1.82) is 0 Å². The molecule has 0 atom stereocenters. The number of carbonyl (C=O) groups is 1. The molecule has 3 rings (SSSR count). The molecule has 0 bridgehead atoms. The van der Waals surface area contributed by atoms with Gasteiger partial charge >= 0.3 is 5.97 Å². The number of hydrogen-bond acceptors (Lipinski definition) is 4. The van der Waals surface area contributed by atoms with E-state index in [0.717, 1.165) is 12.8 Å². The van der Waals surface area contributed by atoms with E-state index in [9.17, 15) is 4.79 Å². The zero-order chi connectivity index (χ0) is 14.3. The van der Waals surface area contributed by atoms with Crippen LogP contribution in [0, 0.1) is 0 Å². The SMILES string of the molecule is CC(=O)Oc1c(-c2c(Cl)cccc2Cl)noc1C1CC1. The van der Waals surface area contributed by atoms with E-state index in [-0.39, 0.29) is 5.92 Å². The standard InChI is InChI=1S/C14H11Cl2NO3/c1-7(18)19-14-12(17-20-13(14)8-5-6-8)11-9(15)3-2-4-10(11)16/h2-4,8H,5-6H2,1H3. The van der Waals surface area contributed by atoms with E-state index >= 15 is 0 Å². The first-order valence-electron chi connectivity index (χ1n) is 6.20. The van der Waals surface area contributed by atoms with Crippen LogP contribution in [-0.4, -0.2) is 11.1 Å². The number of halogens is 2. The molecule has 0 aliphatic heterocycles. The van der Waals surface area contributed by atoms with E-state index in [1.807, 2.05) is 0 Å². The van der Waals surface area contributed by atoms with Crippen LogP contribution in [0.25, 0.3) is 11.3 Å². The molecule has 0 N–H and O–H groups in total. The highest BCUT2D eigenvalue weighted by atomic mass is 35.5. The second-order valence-corrected chi connectivity index (χ2v) is 5.50. The van der Waals surface area contributed by atoms with Gasteiger partial charge in [-0.05, 0) is 25.0 Å². The van der Waals surface area contributed by atoms with Gasteiger partial charge in [-0.3, -0.25) is 4.79 Å². The summed E-state index contributed by atoms with van der Waals surface area (Å²) < 4.78 is 10.6. The molecular formula is C14H11Cl2NO3. The molecular weight excluding hydrogens is 301 g/mol. The fourth-order valence-electron chi connectivity index (χ4n) is 2.03. The second kappa shape index (κ2) is 5.11. The Morgan fingerprint density at radius 2 is 2.00 bits per heavy atom. The van der Waals surface area contributed by atoms with Crippen molar-refractivity contribution in [2.75, 3.05) is 0 Å². The van der Waals surface area contributed by atoms with Crippen molar-refractivity contribution in [2.45, 2.75) is 25.7 Å². The number of nitrogens with zero attached hydrogens (tertiary/aromatic N) is 1. The van der Waals surface area contributed by atoms with Crippen molar-refractivity contribution in [1.82, 2.24) is 5.16 Å². The van der Waals surface area contributed by atoms with Crippen LogP contribution in [0.15, 0.2) is 22.7 Å². The quantitative estimate of drug-likeness (QED) is 0.786. The predicted molar refractivity (Wildman–Crippen MR) is 75.2 cm³/mol. The van der Waals surface area contributed by atoms with Crippen LogP contribution in [0.3, 0.4) is 0 Å². The maximum Gasteiger partial charge on any atom is 0.308 e.